The van der Waals surface area contributed by atoms with Gasteiger partial charge in [0.1, 0.15) is 0 Å². The molecule has 1 atom stereocenters. The number of allylic oxidation sites excluding steroid dienone is 2. The van der Waals surface area contributed by atoms with E-state index < -0.39 is 0 Å². The topological polar surface area (TPSA) is 52.6 Å². The predicted octanol–water partition coefficient (Wildman–Crippen LogP) is 4.20. The van der Waals surface area contributed by atoms with Crippen LogP contribution in [0.1, 0.15) is 59.3 Å². The van der Waals surface area contributed by atoms with Gasteiger partial charge in [-0.1, -0.05) is 45.8 Å². The molecular weight excluding hydrogens is 280 g/mol. The van der Waals surface area contributed by atoms with Crippen LogP contribution in [0.25, 0.3) is 0 Å². The molecule has 0 aromatic carbocycles. The SMILES string of the molecule is CCCCOC(=O)/C=C/CC[C@@H](C)/C=C/C(=O)OCCCC. The zero-order chi connectivity index (χ0) is 16.6. The van der Waals surface area contributed by atoms with Crippen LogP contribution in [-0.2, 0) is 19.1 Å². The summed E-state index contributed by atoms with van der Waals surface area (Å²) in [5.41, 5.74) is 0. The lowest BCUT2D eigenvalue weighted by atomic mass is 10.1. The van der Waals surface area contributed by atoms with E-state index in [0.717, 1.165) is 38.5 Å². The van der Waals surface area contributed by atoms with Crippen LogP contribution in [-0.4, -0.2) is 25.2 Å². The number of rotatable bonds is 12. The third-order valence-electron chi connectivity index (χ3n) is 3.09. The molecule has 0 rings (SSSR count). The van der Waals surface area contributed by atoms with Crippen molar-refractivity contribution in [2.24, 2.45) is 5.92 Å². The number of hydrogen-bond acceptors (Lipinski definition) is 4. The van der Waals surface area contributed by atoms with Crippen molar-refractivity contribution < 1.29 is 19.1 Å². The first-order valence-corrected chi connectivity index (χ1v) is 8.28. The van der Waals surface area contributed by atoms with Gasteiger partial charge in [0.15, 0.2) is 0 Å². The molecule has 0 bridgehead atoms. The van der Waals surface area contributed by atoms with E-state index >= 15 is 0 Å². The maximum Gasteiger partial charge on any atom is 0.330 e. The minimum Gasteiger partial charge on any atom is -0.463 e. The maximum atomic E-state index is 11.4. The number of carbonyl (C=O) groups is 2. The Labute approximate surface area is 134 Å². The molecular formula is C18H30O4. The highest BCUT2D eigenvalue weighted by molar-refractivity contribution is 5.82. The first-order chi connectivity index (χ1) is 10.6. The Balaban J connectivity index is 3.77. The number of unbranched alkanes of at least 4 members (excludes halogenated alkanes) is 2. The molecule has 0 fully saturated rings. The summed E-state index contributed by atoms with van der Waals surface area (Å²) in [6.45, 7) is 7.11. The van der Waals surface area contributed by atoms with Gasteiger partial charge in [0.2, 0.25) is 0 Å². The molecule has 4 heteroatoms. The van der Waals surface area contributed by atoms with Crippen LogP contribution in [0.15, 0.2) is 24.3 Å². The molecule has 0 aromatic rings. The van der Waals surface area contributed by atoms with E-state index in [9.17, 15) is 9.59 Å². The largest absolute Gasteiger partial charge is 0.463 e. The highest BCUT2D eigenvalue weighted by atomic mass is 16.5. The predicted molar refractivity (Wildman–Crippen MR) is 88.4 cm³/mol. The fourth-order valence-corrected chi connectivity index (χ4v) is 1.61. The van der Waals surface area contributed by atoms with E-state index in [1.54, 1.807) is 0 Å². The van der Waals surface area contributed by atoms with Gasteiger partial charge in [0.05, 0.1) is 13.2 Å². The number of esters is 2. The van der Waals surface area contributed by atoms with Crippen LogP contribution < -0.4 is 0 Å². The molecule has 0 N–H and O–H groups in total. The lowest BCUT2D eigenvalue weighted by Crippen LogP contribution is -2.03. The molecule has 0 unspecified atom stereocenters. The van der Waals surface area contributed by atoms with Crippen LogP contribution in [0.5, 0.6) is 0 Å². The van der Waals surface area contributed by atoms with Crippen LogP contribution in [0, 0.1) is 5.92 Å². The van der Waals surface area contributed by atoms with E-state index in [1.807, 2.05) is 19.1 Å². The zero-order valence-corrected chi connectivity index (χ0v) is 14.2. The van der Waals surface area contributed by atoms with Crippen LogP contribution in [0.3, 0.4) is 0 Å². The van der Waals surface area contributed by atoms with Gasteiger partial charge in [-0.15, -0.1) is 0 Å². The van der Waals surface area contributed by atoms with E-state index in [0.29, 0.717) is 13.2 Å². The third-order valence-corrected chi connectivity index (χ3v) is 3.09. The normalized spacial score (nSPS) is 12.7. The summed E-state index contributed by atoms with van der Waals surface area (Å²) in [5.74, 6) is -0.300. The molecule has 0 aliphatic rings. The molecule has 22 heavy (non-hydrogen) atoms. The Morgan fingerprint density at radius 2 is 1.50 bits per heavy atom. The summed E-state index contributed by atoms with van der Waals surface area (Å²) >= 11 is 0. The van der Waals surface area contributed by atoms with Gasteiger partial charge >= 0.3 is 11.9 Å². The first kappa shape index (κ1) is 20.4. The molecule has 0 radical (unpaired) electrons. The number of carbonyl (C=O) groups excluding carboxylic acids is 2. The molecule has 126 valence electrons. The van der Waals surface area contributed by atoms with Crippen LogP contribution in [0.2, 0.25) is 0 Å². The summed E-state index contributed by atoms with van der Waals surface area (Å²) < 4.78 is 10.0. The Kier molecular flexibility index (Phi) is 13.3. The lowest BCUT2D eigenvalue weighted by molar-refractivity contribution is -0.138. The third kappa shape index (κ3) is 13.4. The van der Waals surface area contributed by atoms with E-state index in [1.165, 1.54) is 12.2 Å². The summed E-state index contributed by atoms with van der Waals surface area (Å²) in [7, 11) is 0. The summed E-state index contributed by atoms with van der Waals surface area (Å²) in [5, 5.41) is 0. The van der Waals surface area contributed by atoms with Gasteiger partial charge in [-0.2, -0.15) is 0 Å². The molecule has 0 spiro atoms. The van der Waals surface area contributed by atoms with Crippen molar-refractivity contribution in [1.29, 1.82) is 0 Å². The molecule has 4 nitrogen and oxygen atoms in total. The van der Waals surface area contributed by atoms with Crippen molar-refractivity contribution in [3.63, 3.8) is 0 Å². The summed E-state index contributed by atoms with van der Waals surface area (Å²) in [4.78, 5) is 22.7. The standard InChI is InChI=1S/C18H30O4/c1-4-6-14-21-17(19)11-9-8-10-16(3)12-13-18(20)22-15-7-5-2/h9,11-13,16H,4-8,10,14-15H2,1-3H3/b11-9+,13-12+/t16-/m1/s1. The van der Waals surface area contributed by atoms with E-state index in [4.69, 9.17) is 9.47 Å². The van der Waals surface area contributed by atoms with Gasteiger partial charge in [-0.25, -0.2) is 9.59 Å². The molecule has 0 saturated carbocycles. The van der Waals surface area contributed by atoms with Crippen molar-refractivity contribution >= 4 is 11.9 Å². The van der Waals surface area contributed by atoms with Gasteiger partial charge in [0, 0.05) is 12.2 Å². The molecule has 0 heterocycles. The Morgan fingerprint density at radius 1 is 0.955 bits per heavy atom. The fourth-order valence-electron chi connectivity index (χ4n) is 1.61. The minimum atomic E-state index is -0.282. The summed E-state index contributed by atoms with van der Waals surface area (Å²) in [6, 6.07) is 0. The van der Waals surface area contributed by atoms with E-state index in [-0.39, 0.29) is 17.9 Å². The molecule has 0 aliphatic carbocycles. The smallest absolute Gasteiger partial charge is 0.330 e. The Morgan fingerprint density at radius 3 is 2.05 bits per heavy atom. The maximum absolute atomic E-state index is 11.4. The zero-order valence-electron chi connectivity index (χ0n) is 14.2. The summed E-state index contributed by atoms with van der Waals surface area (Å²) in [6.07, 6.45) is 12.1. The first-order valence-electron chi connectivity index (χ1n) is 8.28. The van der Waals surface area contributed by atoms with Gasteiger partial charge < -0.3 is 9.47 Å². The molecule has 0 amide bonds. The minimum absolute atomic E-state index is 0.263. The van der Waals surface area contributed by atoms with Crippen molar-refractivity contribution in [1.82, 2.24) is 0 Å². The van der Waals surface area contributed by atoms with Gasteiger partial charge in [-0.3, -0.25) is 0 Å². The average molecular weight is 310 g/mol. The number of ether oxygens (including phenoxy) is 2. The van der Waals surface area contributed by atoms with Crippen molar-refractivity contribution in [2.45, 2.75) is 59.3 Å². The monoisotopic (exact) mass is 310 g/mol. The van der Waals surface area contributed by atoms with Crippen LogP contribution in [0.4, 0.5) is 0 Å². The van der Waals surface area contributed by atoms with Crippen molar-refractivity contribution in [3.05, 3.63) is 24.3 Å². The highest BCUT2D eigenvalue weighted by Gasteiger charge is 2.00. The Hall–Kier alpha value is -1.58. The van der Waals surface area contributed by atoms with E-state index in [2.05, 4.69) is 13.8 Å². The molecule has 0 aromatic heterocycles. The second-order valence-corrected chi connectivity index (χ2v) is 5.36. The Bertz CT molecular complexity index is 358. The molecule has 0 saturated heterocycles. The van der Waals surface area contributed by atoms with Crippen LogP contribution >= 0.6 is 0 Å². The number of hydrogen-bond donors (Lipinski definition) is 0. The molecule has 0 aliphatic heterocycles. The second kappa shape index (κ2) is 14.4. The van der Waals surface area contributed by atoms with Crippen molar-refractivity contribution in [2.75, 3.05) is 13.2 Å². The quantitative estimate of drug-likeness (QED) is 0.308. The second-order valence-electron chi connectivity index (χ2n) is 5.36. The van der Waals surface area contributed by atoms with Crippen molar-refractivity contribution in [3.8, 4) is 0 Å². The lowest BCUT2D eigenvalue weighted by Gasteiger charge is -2.04. The average Bonchev–Trinajstić information content (AvgIpc) is 2.50. The van der Waals surface area contributed by atoms with Gasteiger partial charge in [0.25, 0.3) is 0 Å². The van der Waals surface area contributed by atoms with Gasteiger partial charge in [-0.05, 0) is 31.6 Å². The highest BCUT2D eigenvalue weighted by Crippen LogP contribution is 2.08. The fraction of sp³-hybridized carbons (Fsp3) is 0.667.